The summed E-state index contributed by atoms with van der Waals surface area (Å²) in [4.78, 5) is 23.8. The minimum Gasteiger partial charge on any atom is -0.462 e. The van der Waals surface area contributed by atoms with Gasteiger partial charge < -0.3 is 10.1 Å². The molecule has 1 amide bonds. The second kappa shape index (κ2) is 7.42. The molecule has 6 heteroatoms. The first kappa shape index (κ1) is 16.5. The van der Waals surface area contributed by atoms with Gasteiger partial charge in [-0.1, -0.05) is 29.8 Å². The van der Waals surface area contributed by atoms with E-state index in [1.54, 1.807) is 6.92 Å². The van der Waals surface area contributed by atoms with Crippen molar-refractivity contribution in [2.75, 3.05) is 17.8 Å². The Labute approximate surface area is 138 Å². The zero-order chi connectivity index (χ0) is 16.1. The van der Waals surface area contributed by atoms with Crippen LogP contribution >= 0.6 is 22.9 Å². The number of hydrogen-bond donors (Lipinski definition) is 1. The van der Waals surface area contributed by atoms with E-state index in [0.29, 0.717) is 10.6 Å². The van der Waals surface area contributed by atoms with Crippen molar-refractivity contribution < 1.29 is 14.3 Å². The monoisotopic (exact) mass is 337 g/mol. The summed E-state index contributed by atoms with van der Waals surface area (Å²) in [5.74, 6) is -0.978. The molecule has 0 aliphatic carbocycles. The van der Waals surface area contributed by atoms with E-state index in [1.807, 2.05) is 36.6 Å². The summed E-state index contributed by atoms with van der Waals surface area (Å²) in [6.07, 6.45) is 0. The molecule has 116 valence electrons. The van der Waals surface area contributed by atoms with E-state index in [0.717, 1.165) is 16.7 Å². The molecule has 0 atom stereocenters. The molecule has 0 spiro atoms. The van der Waals surface area contributed by atoms with Gasteiger partial charge in [-0.25, -0.2) is 4.79 Å². The van der Waals surface area contributed by atoms with Crippen LogP contribution in [0.2, 0.25) is 0 Å². The largest absolute Gasteiger partial charge is 0.462 e. The van der Waals surface area contributed by atoms with Gasteiger partial charge in [0.05, 0.1) is 6.61 Å². The molecule has 22 heavy (non-hydrogen) atoms. The molecule has 0 unspecified atom stereocenters. The molecular weight excluding hydrogens is 322 g/mol. The van der Waals surface area contributed by atoms with Crippen LogP contribution in [0, 0.1) is 6.92 Å². The first-order chi connectivity index (χ1) is 10.6. The second-order valence-corrected chi connectivity index (χ2v) is 5.77. The molecule has 1 N–H and O–H groups in total. The van der Waals surface area contributed by atoms with Crippen molar-refractivity contribution >= 4 is 39.8 Å². The highest BCUT2D eigenvalue weighted by Crippen LogP contribution is 2.36. The Morgan fingerprint density at radius 2 is 1.95 bits per heavy atom. The number of carbonyl (C=O) groups excluding carboxylic acids is 2. The number of benzene rings is 1. The van der Waals surface area contributed by atoms with Gasteiger partial charge in [0, 0.05) is 10.9 Å². The molecule has 1 aromatic heterocycles. The normalized spacial score (nSPS) is 10.3. The minimum atomic E-state index is -0.454. The summed E-state index contributed by atoms with van der Waals surface area (Å²) in [5, 5.41) is 4.94. The Morgan fingerprint density at radius 3 is 2.55 bits per heavy atom. The van der Waals surface area contributed by atoms with Crippen LogP contribution in [0.4, 0.5) is 5.00 Å². The van der Waals surface area contributed by atoms with Gasteiger partial charge in [0.1, 0.15) is 16.4 Å². The standard InChI is InChI=1S/C16H16ClNO3S/c1-3-21-16(20)14-12(11-6-4-10(2)5-7-11)9-22-15(14)18-13(19)8-17/h4-7,9H,3,8H2,1-2H3,(H,18,19). The third-order valence-electron chi connectivity index (χ3n) is 3.01. The van der Waals surface area contributed by atoms with E-state index in [-0.39, 0.29) is 18.4 Å². The van der Waals surface area contributed by atoms with Crippen molar-refractivity contribution in [2.24, 2.45) is 0 Å². The van der Waals surface area contributed by atoms with Crippen LogP contribution in [0.25, 0.3) is 11.1 Å². The number of ether oxygens (including phenoxy) is 1. The molecule has 0 bridgehead atoms. The predicted molar refractivity (Wildman–Crippen MR) is 89.8 cm³/mol. The maximum absolute atomic E-state index is 12.3. The highest BCUT2D eigenvalue weighted by molar-refractivity contribution is 7.15. The average molecular weight is 338 g/mol. The number of amides is 1. The summed E-state index contributed by atoms with van der Waals surface area (Å²) >= 11 is 6.79. The van der Waals surface area contributed by atoms with E-state index in [2.05, 4.69) is 5.32 Å². The van der Waals surface area contributed by atoms with Crippen molar-refractivity contribution in [2.45, 2.75) is 13.8 Å². The van der Waals surface area contributed by atoms with Crippen molar-refractivity contribution in [3.05, 3.63) is 40.8 Å². The number of hydrogen-bond acceptors (Lipinski definition) is 4. The van der Waals surface area contributed by atoms with E-state index in [9.17, 15) is 9.59 Å². The lowest BCUT2D eigenvalue weighted by atomic mass is 10.0. The molecule has 2 rings (SSSR count). The number of anilines is 1. The number of thiophene rings is 1. The number of rotatable bonds is 5. The number of aryl methyl sites for hydroxylation is 1. The first-order valence-corrected chi connectivity index (χ1v) is 8.19. The molecule has 0 saturated carbocycles. The van der Waals surface area contributed by atoms with Crippen molar-refractivity contribution in [3.8, 4) is 11.1 Å². The third kappa shape index (κ3) is 3.67. The maximum atomic E-state index is 12.3. The zero-order valence-electron chi connectivity index (χ0n) is 12.3. The van der Waals surface area contributed by atoms with Crippen LogP contribution in [0.15, 0.2) is 29.6 Å². The smallest absolute Gasteiger partial charge is 0.341 e. The fourth-order valence-electron chi connectivity index (χ4n) is 1.96. The fraction of sp³-hybridized carbons (Fsp3) is 0.250. The zero-order valence-corrected chi connectivity index (χ0v) is 13.9. The van der Waals surface area contributed by atoms with Gasteiger partial charge in [-0.3, -0.25) is 4.79 Å². The number of nitrogens with one attached hydrogen (secondary N) is 1. The van der Waals surface area contributed by atoms with E-state index >= 15 is 0 Å². The lowest BCUT2D eigenvalue weighted by Crippen LogP contribution is -2.15. The molecule has 1 heterocycles. The number of halogens is 1. The third-order valence-corrected chi connectivity index (χ3v) is 4.15. The van der Waals surface area contributed by atoms with Gasteiger partial charge in [-0.15, -0.1) is 22.9 Å². The molecule has 0 radical (unpaired) electrons. The molecule has 2 aromatic rings. The SMILES string of the molecule is CCOC(=O)c1c(-c2ccc(C)cc2)csc1NC(=O)CCl. The van der Waals surface area contributed by atoms with Gasteiger partial charge in [0.25, 0.3) is 0 Å². The number of esters is 1. The van der Waals surface area contributed by atoms with Gasteiger partial charge in [-0.05, 0) is 19.4 Å². The Kier molecular flexibility index (Phi) is 5.57. The fourth-order valence-corrected chi connectivity index (χ4v) is 3.00. The van der Waals surface area contributed by atoms with Crippen molar-refractivity contribution in [1.29, 1.82) is 0 Å². The Hall–Kier alpha value is -1.85. The van der Waals surface area contributed by atoms with Crippen molar-refractivity contribution in [1.82, 2.24) is 0 Å². The van der Waals surface area contributed by atoms with Crippen LogP contribution in [0.5, 0.6) is 0 Å². The maximum Gasteiger partial charge on any atom is 0.341 e. The van der Waals surface area contributed by atoms with Gasteiger partial charge in [-0.2, -0.15) is 0 Å². The summed E-state index contributed by atoms with van der Waals surface area (Å²) in [6.45, 7) is 4.01. The molecule has 0 aliphatic heterocycles. The van der Waals surface area contributed by atoms with Gasteiger partial charge in [0.15, 0.2) is 0 Å². The molecular formula is C16H16ClNO3S. The summed E-state index contributed by atoms with van der Waals surface area (Å²) in [7, 11) is 0. The van der Waals surface area contributed by atoms with Crippen molar-refractivity contribution in [3.63, 3.8) is 0 Å². The van der Waals surface area contributed by atoms with Crippen LogP contribution < -0.4 is 5.32 Å². The molecule has 1 aromatic carbocycles. The highest BCUT2D eigenvalue weighted by atomic mass is 35.5. The average Bonchev–Trinajstić information content (AvgIpc) is 2.91. The van der Waals surface area contributed by atoms with E-state index in [1.165, 1.54) is 11.3 Å². The Morgan fingerprint density at radius 1 is 1.27 bits per heavy atom. The highest BCUT2D eigenvalue weighted by Gasteiger charge is 2.22. The predicted octanol–water partition coefficient (Wildman–Crippen LogP) is 4.08. The Bertz CT molecular complexity index is 679. The van der Waals surface area contributed by atoms with Crippen LogP contribution in [0.1, 0.15) is 22.8 Å². The molecule has 0 fully saturated rings. The van der Waals surface area contributed by atoms with Crippen LogP contribution in [-0.4, -0.2) is 24.4 Å². The topological polar surface area (TPSA) is 55.4 Å². The molecule has 4 nitrogen and oxygen atoms in total. The van der Waals surface area contributed by atoms with Gasteiger partial charge >= 0.3 is 5.97 Å². The second-order valence-electron chi connectivity index (χ2n) is 4.62. The minimum absolute atomic E-state index is 0.167. The van der Waals surface area contributed by atoms with E-state index in [4.69, 9.17) is 16.3 Å². The first-order valence-electron chi connectivity index (χ1n) is 6.78. The number of alkyl halides is 1. The molecule has 0 aliphatic rings. The van der Waals surface area contributed by atoms with E-state index < -0.39 is 5.97 Å². The van der Waals surface area contributed by atoms with Crippen LogP contribution in [-0.2, 0) is 9.53 Å². The lowest BCUT2D eigenvalue weighted by molar-refractivity contribution is -0.113. The number of carbonyl (C=O) groups is 2. The molecule has 0 saturated heterocycles. The Balaban J connectivity index is 2.47. The van der Waals surface area contributed by atoms with Gasteiger partial charge in [0.2, 0.25) is 5.91 Å². The summed E-state index contributed by atoms with van der Waals surface area (Å²) < 4.78 is 5.11. The lowest BCUT2D eigenvalue weighted by Gasteiger charge is -2.08. The van der Waals surface area contributed by atoms with Crippen LogP contribution in [0.3, 0.4) is 0 Å². The quantitative estimate of drug-likeness (QED) is 0.660. The summed E-state index contributed by atoms with van der Waals surface area (Å²) in [5.41, 5.74) is 3.14. The summed E-state index contributed by atoms with van der Waals surface area (Å²) in [6, 6.07) is 7.82.